The van der Waals surface area contributed by atoms with Crippen molar-refractivity contribution >= 4 is 23.9 Å². The maximum Gasteiger partial charge on any atom is 0.313 e. The lowest BCUT2D eigenvalue weighted by Crippen LogP contribution is -2.23. The zero-order valence-electron chi connectivity index (χ0n) is 37.7. The molecule has 62 heavy (non-hydrogen) atoms. The van der Waals surface area contributed by atoms with Gasteiger partial charge in [0.05, 0.1) is 16.2 Å². The molecule has 0 saturated heterocycles. The minimum absolute atomic E-state index is 0.0494. The van der Waals surface area contributed by atoms with Gasteiger partial charge in [0.1, 0.15) is 34.5 Å². The van der Waals surface area contributed by atoms with E-state index in [1.807, 2.05) is 0 Å². The Balaban J connectivity index is 1.33. The second-order valence-electron chi connectivity index (χ2n) is 19.8. The van der Waals surface area contributed by atoms with Crippen LogP contribution in [0.15, 0.2) is 24.3 Å². The van der Waals surface area contributed by atoms with Gasteiger partial charge in [-0.15, -0.1) is 0 Å². The van der Waals surface area contributed by atoms with Crippen LogP contribution in [0.25, 0.3) is 0 Å². The van der Waals surface area contributed by atoms with Gasteiger partial charge in [0.2, 0.25) is 0 Å². The molecule has 0 heterocycles. The number of carboxylic acid groups (broad SMARTS) is 4. The minimum Gasteiger partial charge on any atom is -0.508 e. The molecule has 0 aromatic heterocycles. The fraction of sp³-hybridized carbons (Fsp3) is 0.680. The van der Waals surface area contributed by atoms with Crippen molar-refractivity contribution in [3.8, 4) is 23.0 Å². The number of unbranched alkanes of at least 4 members (excludes halogenated alkanes) is 10. The molecular weight excluding hydrogens is 793 g/mol. The zero-order valence-corrected chi connectivity index (χ0v) is 37.7. The molecule has 2 unspecified atom stereocenters. The third kappa shape index (κ3) is 14.0. The lowest BCUT2D eigenvalue weighted by atomic mass is 9.87. The third-order valence-electron chi connectivity index (χ3n) is 13.9. The van der Waals surface area contributed by atoms with Gasteiger partial charge in [0.15, 0.2) is 0 Å². The molecule has 2 aromatic carbocycles. The lowest BCUT2D eigenvalue weighted by molar-refractivity contribution is -0.148. The number of aryl methyl sites for hydroxylation is 1. The molecule has 346 valence electrons. The topological polar surface area (TPSA) is 219 Å². The number of aromatic hydroxyl groups is 3. The number of rotatable bonds is 32. The molecule has 2 aromatic rings. The summed E-state index contributed by atoms with van der Waals surface area (Å²) in [5.74, 6) is -2.41. The third-order valence-corrected chi connectivity index (χ3v) is 13.9. The maximum atomic E-state index is 12.8. The first-order valence-electron chi connectivity index (χ1n) is 23.2. The van der Waals surface area contributed by atoms with Crippen molar-refractivity contribution in [1.82, 2.24) is 0 Å². The van der Waals surface area contributed by atoms with Crippen LogP contribution in [0.2, 0.25) is 0 Å². The van der Waals surface area contributed by atoms with Crippen LogP contribution < -0.4 is 4.74 Å². The second-order valence-corrected chi connectivity index (χ2v) is 19.8. The van der Waals surface area contributed by atoms with Gasteiger partial charge in [-0.25, -0.2) is 0 Å². The quantitative estimate of drug-likeness (QED) is 0.0270. The summed E-state index contributed by atoms with van der Waals surface area (Å²) in [6.07, 6.45) is 17.2. The molecule has 12 nitrogen and oxygen atoms in total. The number of aliphatic carboxylic acids is 4. The number of carbonyl (C=O) groups is 4. The van der Waals surface area contributed by atoms with Gasteiger partial charge in [-0.1, -0.05) is 64.2 Å². The van der Waals surface area contributed by atoms with E-state index < -0.39 is 51.6 Å². The van der Waals surface area contributed by atoms with Gasteiger partial charge in [-0.05, 0) is 147 Å². The molecule has 0 spiro atoms. The molecule has 12 heteroatoms. The first kappa shape index (κ1) is 50.2. The summed E-state index contributed by atoms with van der Waals surface area (Å²) in [5.41, 5.74) is 0.189. The normalized spacial score (nSPS) is 18.0. The van der Waals surface area contributed by atoms with E-state index in [1.165, 1.54) is 12.1 Å². The van der Waals surface area contributed by atoms with E-state index in [0.29, 0.717) is 88.4 Å². The Bertz CT molecular complexity index is 1840. The van der Waals surface area contributed by atoms with Crippen LogP contribution in [0.3, 0.4) is 0 Å². The number of hydrogen-bond acceptors (Lipinski definition) is 8. The van der Waals surface area contributed by atoms with Crippen LogP contribution >= 0.6 is 0 Å². The molecule has 2 saturated carbocycles. The van der Waals surface area contributed by atoms with Crippen molar-refractivity contribution in [3.05, 3.63) is 46.5 Å². The average molecular weight is 867 g/mol. The van der Waals surface area contributed by atoms with Gasteiger partial charge in [0, 0.05) is 23.6 Å². The second kappa shape index (κ2) is 22.2. The highest BCUT2D eigenvalue weighted by molar-refractivity contribution is 5.79. The SMILES string of the molecule is CC(C)(CCCCCCc1c(CCCCCC2(C(=O)O)CC2)cc(O)cc1OC1CC1(CCCCCc1c(O)ccc(O)c1CCCCCCC(C)(C)C(=O)O)C(=O)O)C(=O)O. The van der Waals surface area contributed by atoms with Crippen molar-refractivity contribution in [3.63, 3.8) is 0 Å². The Kier molecular flexibility index (Phi) is 18.0. The molecule has 0 amide bonds. The van der Waals surface area contributed by atoms with E-state index in [1.54, 1.807) is 39.8 Å². The van der Waals surface area contributed by atoms with Crippen molar-refractivity contribution < 1.29 is 59.7 Å². The predicted molar refractivity (Wildman–Crippen MR) is 237 cm³/mol. The molecule has 2 fully saturated rings. The van der Waals surface area contributed by atoms with Gasteiger partial charge in [-0.3, -0.25) is 19.2 Å². The van der Waals surface area contributed by atoms with Gasteiger partial charge in [-0.2, -0.15) is 0 Å². The fourth-order valence-electron chi connectivity index (χ4n) is 8.95. The first-order valence-corrected chi connectivity index (χ1v) is 23.2. The van der Waals surface area contributed by atoms with E-state index in [-0.39, 0.29) is 17.2 Å². The van der Waals surface area contributed by atoms with Crippen LogP contribution in [0.5, 0.6) is 23.0 Å². The van der Waals surface area contributed by atoms with Crippen LogP contribution in [0.4, 0.5) is 0 Å². The van der Waals surface area contributed by atoms with Gasteiger partial charge in [0.25, 0.3) is 0 Å². The molecule has 7 N–H and O–H groups in total. The summed E-state index contributed by atoms with van der Waals surface area (Å²) in [6, 6.07) is 6.36. The molecule has 2 aliphatic rings. The number of carboxylic acids is 4. The molecule has 4 rings (SSSR count). The van der Waals surface area contributed by atoms with E-state index in [2.05, 4.69) is 0 Å². The Hall–Kier alpha value is -4.48. The van der Waals surface area contributed by atoms with Crippen molar-refractivity contribution in [1.29, 1.82) is 0 Å². The molecule has 0 radical (unpaired) electrons. The Labute approximate surface area is 368 Å². The Morgan fingerprint density at radius 2 is 1.03 bits per heavy atom. The van der Waals surface area contributed by atoms with Crippen molar-refractivity contribution in [2.75, 3.05) is 0 Å². The molecular formula is C50H74O12. The standard InChI is InChI=1S/C50H74O12/c1-47(2,43(54)55)25-15-7-5-12-20-36-34(19-11-9-17-27-49(29-30-49)45(58)59)31-35(51)32-41(36)62-42-33-50(42,46(60)61)28-18-10-14-22-38-37(39(52)23-24-40(38)53)21-13-6-8-16-26-48(3,4)44(56)57/h23-24,31-32,42,51-53H,5-22,25-30,33H2,1-4H3,(H,54,55)(H,56,57)(H,58,59)(H,60,61). The minimum atomic E-state index is -1.05. The van der Waals surface area contributed by atoms with E-state index in [9.17, 15) is 54.9 Å². The summed E-state index contributed by atoms with van der Waals surface area (Å²) in [5, 5.41) is 71.1. The van der Waals surface area contributed by atoms with E-state index in [0.717, 1.165) is 100 Å². The fourth-order valence-corrected chi connectivity index (χ4v) is 8.95. The summed E-state index contributed by atoms with van der Waals surface area (Å²) < 4.78 is 6.51. The molecule has 2 aliphatic carbocycles. The van der Waals surface area contributed by atoms with Crippen LogP contribution in [-0.2, 0) is 44.9 Å². The highest BCUT2D eigenvalue weighted by atomic mass is 16.5. The van der Waals surface area contributed by atoms with Crippen LogP contribution in [-0.4, -0.2) is 65.7 Å². The molecule has 2 atom stereocenters. The van der Waals surface area contributed by atoms with Crippen molar-refractivity contribution in [2.45, 2.75) is 194 Å². The molecule has 0 bridgehead atoms. The highest BCUT2D eigenvalue weighted by Gasteiger charge is 2.62. The van der Waals surface area contributed by atoms with E-state index in [4.69, 9.17) is 4.74 Å². The van der Waals surface area contributed by atoms with Crippen molar-refractivity contribution in [2.24, 2.45) is 21.7 Å². The monoisotopic (exact) mass is 867 g/mol. The summed E-state index contributed by atoms with van der Waals surface area (Å²) >= 11 is 0. The summed E-state index contributed by atoms with van der Waals surface area (Å²) in [7, 11) is 0. The summed E-state index contributed by atoms with van der Waals surface area (Å²) in [6.45, 7) is 6.94. The van der Waals surface area contributed by atoms with E-state index >= 15 is 0 Å². The number of phenolic OH excluding ortho intramolecular Hbond substituents is 3. The highest BCUT2D eigenvalue weighted by Crippen LogP contribution is 2.54. The Morgan fingerprint density at radius 1 is 0.581 bits per heavy atom. The summed E-state index contributed by atoms with van der Waals surface area (Å²) in [4.78, 5) is 47.4. The molecule has 0 aliphatic heterocycles. The average Bonchev–Trinajstić information content (AvgIpc) is 4.13. The Morgan fingerprint density at radius 3 is 1.50 bits per heavy atom. The number of phenols is 3. The number of benzene rings is 2. The zero-order chi connectivity index (χ0) is 45.7. The van der Waals surface area contributed by atoms with Gasteiger partial charge < -0.3 is 40.5 Å². The van der Waals surface area contributed by atoms with Gasteiger partial charge >= 0.3 is 23.9 Å². The van der Waals surface area contributed by atoms with Crippen LogP contribution in [0.1, 0.15) is 185 Å². The number of hydrogen-bond donors (Lipinski definition) is 7. The smallest absolute Gasteiger partial charge is 0.313 e. The predicted octanol–water partition coefficient (Wildman–Crippen LogP) is 11.0. The first-order chi connectivity index (χ1) is 29.2. The maximum absolute atomic E-state index is 12.8. The number of ether oxygens (including phenoxy) is 1. The lowest BCUT2D eigenvalue weighted by Gasteiger charge is -2.20. The van der Waals surface area contributed by atoms with Crippen LogP contribution in [0, 0.1) is 21.7 Å². The largest absolute Gasteiger partial charge is 0.508 e.